The molecule has 1 unspecified atom stereocenters. The topological polar surface area (TPSA) is 122 Å². The maximum Gasteiger partial charge on any atom is 0.322 e. The number of carboxylic acids is 1. The number of benzene rings is 1. The second-order valence-corrected chi connectivity index (χ2v) is 9.50. The molecule has 1 heterocycles. The molecule has 0 radical (unpaired) electrons. The van der Waals surface area contributed by atoms with Crippen LogP contribution < -0.4 is 10.9 Å². The average Bonchev–Trinajstić information content (AvgIpc) is 2.85. The van der Waals surface area contributed by atoms with Gasteiger partial charge in [-0.2, -0.15) is 4.98 Å². The summed E-state index contributed by atoms with van der Waals surface area (Å²) in [6.07, 6.45) is 10.1. The van der Waals surface area contributed by atoms with Crippen LogP contribution in [0.1, 0.15) is 97.9 Å². The Bertz CT molecular complexity index is 1070. The van der Waals surface area contributed by atoms with Gasteiger partial charge in [-0.3, -0.25) is 19.0 Å². The van der Waals surface area contributed by atoms with Crippen LogP contribution in [-0.4, -0.2) is 38.2 Å². The fourth-order valence-corrected chi connectivity index (χ4v) is 5.65. The standard InChI is InChI=1S/C26H33N3O5/c30-20(31)16-27-24(32)22-25(33)28-23(29(26(22)34)19-14-8-3-9-15-19)21(17-10-4-1-5-11-17)18-12-6-2-7-13-18/h1,4-5,10-11,18-19,21,33H,2-3,6-9,12-16H2,(H,27,32)(H,30,31). The van der Waals surface area contributed by atoms with Crippen molar-refractivity contribution in [2.75, 3.05) is 6.54 Å². The molecule has 0 spiro atoms. The molecule has 1 atom stereocenters. The highest BCUT2D eigenvalue weighted by Gasteiger charge is 2.35. The summed E-state index contributed by atoms with van der Waals surface area (Å²) < 4.78 is 1.65. The van der Waals surface area contributed by atoms with Gasteiger partial charge in [0.25, 0.3) is 11.5 Å². The molecule has 0 saturated heterocycles. The van der Waals surface area contributed by atoms with E-state index in [0.717, 1.165) is 63.4 Å². The Labute approximate surface area is 199 Å². The molecule has 1 aromatic heterocycles. The fourth-order valence-electron chi connectivity index (χ4n) is 5.65. The Morgan fingerprint density at radius 3 is 2.24 bits per heavy atom. The predicted molar refractivity (Wildman–Crippen MR) is 127 cm³/mol. The van der Waals surface area contributed by atoms with Crippen LogP contribution in [0.4, 0.5) is 0 Å². The number of aromatic nitrogens is 2. The van der Waals surface area contributed by atoms with Gasteiger partial charge in [0.2, 0.25) is 5.88 Å². The van der Waals surface area contributed by atoms with E-state index in [1.807, 2.05) is 30.3 Å². The number of carbonyl (C=O) groups excluding carboxylic acids is 1. The van der Waals surface area contributed by atoms with E-state index in [1.165, 1.54) is 6.42 Å². The lowest BCUT2D eigenvalue weighted by atomic mass is 9.76. The van der Waals surface area contributed by atoms with Crippen LogP contribution in [0.3, 0.4) is 0 Å². The Balaban J connectivity index is 1.88. The molecule has 1 aromatic carbocycles. The molecule has 2 saturated carbocycles. The molecule has 8 nitrogen and oxygen atoms in total. The first kappa shape index (κ1) is 24.0. The number of nitrogens with one attached hydrogen (secondary N) is 1. The van der Waals surface area contributed by atoms with Crippen LogP contribution in [0.2, 0.25) is 0 Å². The van der Waals surface area contributed by atoms with E-state index < -0.39 is 35.4 Å². The summed E-state index contributed by atoms with van der Waals surface area (Å²) in [6, 6.07) is 9.88. The van der Waals surface area contributed by atoms with Crippen LogP contribution in [-0.2, 0) is 4.79 Å². The molecule has 2 fully saturated rings. The molecule has 2 aromatic rings. The first-order valence-electron chi connectivity index (χ1n) is 12.4. The molecule has 2 aliphatic rings. The highest BCUT2D eigenvalue weighted by molar-refractivity contribution is 5.97. The maximum atomic E-state index is 13.8. The van der Waals surface area contributed by atoms with E-state index in [1.54, 1.807) is 4.57 Å². The highest BCUT2D eigenvalue weighted by atomic mass is 16.4. The quantitative estimate of drug-likeness (QED) is 0.566. The van der Waals surface area contributed by atoms with Crippen LogP contribution in [0, 0.1) is 5.92 Å². The number of carboxylic acid groups (broad SMARTS) is 1. The van der Waals surface area contributed by atoms with Crippen molar-refractivity contribution < 1.29 is 19.8 Å². The van der Waals surface area contributed by atoms with Gasteiger partial charge in [0.1, 0.15) is 12.4 Å². The van der Waals surface area contributed by atoms with Crippen molar-refractivity contribution >= 4 is 11.9 Å². The zero-order valence-electron chi connectivity index (χ0n) is 19.4. The lowest BCUT2D eigenvalue weighted by Crippen LogP contribution is -2.40. The number of carbonyl (C=O) groups is 2. The molecule has 0 bridgehead atoms. The monoisotopic (exact) mass is 467 g/mol. The van der Waals surface area contributed by atoms with Crippen molar-refractivity contribution in [3.8, 4) is 5.88 Å². The Kier molecular flexibility index (Phi) is 7.65. The van der Waals surface area contributed by atoms with Gasteiger partial charge in [-0.15, -0.1) is 0 Å². The Morgan fingerprint density at radius 1 is 1.00 bits per heavy atom. The second kappa shape index (κ2) is 10.8. The molecule has 0 aliphatic heterocycles. The summed E-state index contributed by atoms with van der Waals surface area (Å²) in [5.74, 6) is -2.15. The average molecular weight is 468 g/mol. The van der Waals surface area contributed by atoms with E-state index in [9.17, 15) is 19.5 Å². The van der Waals surface area contributed by atoms with Gasteiger partial charge in [-0.25, -0.2) is 0 Å². The SMILES string of the molecule is O=C(O)CNC(=O)c1c(O)nc(C(c2ccccc2)C2CCCCC2)n(C2CCCCC2)c1=O. The number of rotatable bonds is 7. The van der Waals surface area contributed by atoms with Crippen molar-refractivity contribution in [2.45, 2.75) is 76.2 Å². The van der Waals surface area contributed by atoms with Gasteiger partial charge in [0.15, 0.2) is 5.56 Å². The number of hydrogen-bond acceptors (Lipinski definition) is 5. The number of aromatic hydroxyl groups is 1. The number of amides is 1. The first-order valence-corrected chi connectivity index (χ1v) is 12.4. The first-order chi connectivity index (χ1) is 16.5. The largest absolute Gasteiger partial charge is 0.493 e. The molecular formula is C26H33N3O5. The van der Waals surface area contributed by atoms with Crippen LogP contribution in [0.5, 0.6) is 5.88 Å². The lowest BCUT2D eigenvalue weighted by molar-refractivity contribution is -0.135. The molecule has 2 aliphatic carbocycles. The third-order valence-electron chi connectivity index (χ3n) is 7.25. The van der Waals surface area contributed by atoms with Crippen LogP contribution in [0.15, 0.2) is 35.1 Å². The third-order valence-corrected chi connectivity index (χ3v) is 7.25. The minimum absolute atomic E-state index is 0.106. The van der Waals surface area contributed by atoms with Gasteiger partial charge in [0.05, 0.1) is 0 Å². The van der Waals surface area contributed by atoms with Gasteiger partial charge in [0, 0.05) is 12.0 Å². The van der Waals surface area contributed by atoms with E-state index in [-0.39, 0.29) is 17.9 Å². The molecule has 182 valence electrons. The summed E-state index contributed by atoms with van der Waals surface area (Å²) in [5, 5.41) is 21.9. The molecular weight excluding hydrogens is 434 g/mol. The lowest BCUT2D eigenvalue weighted by Gasteiger charge is -2.34. The van der Waals surface area contributed by atoms with E-state index in [0.29, 0.717) is 5.82 Å². The van der Waals surface area contributed by atoms with Gasteiger partial charge in [-0.1, -0.05) is 68.9 Å². The molecule has 1 amide bonds. The summed E-state index contributed by atoms with van der Waals surface area (Å²) in [6.45, 7) is -0.641. The zero-order chi connectivity index (χ0) is 24.1. The van der Waals surface area contributed by atoms with E-state index in [2.05, 4.69) is 10.3 Å². The van der Waals surface area contributed by atoms with Crippen molar-refractivity contribution in [1.29, 1.82) is 0 Å². The normalized spacial score (nSPS) is 18.4. The smallest absolute Gasteiger partial charge is 0.322 e. The summed E-state index contributed by atoms with van der Waals surface area (Å²) >= 11 is 0. The zero-order valence-corrected chi connectivity index (χ0v) is 19.4. The molecule has 34 heavy (non-hydrogen) atoms. The summed E-state index contributed by atoms with van der Waals surface area (Å²) in [5.41, 5.74) is -0.0200. The third kappa shape index (κ3) is 5.16. The van der Waals surface area contributed by atoms with E-state index >= 15 is 0 Å². The number of hydrogen-bond donors (Lipinski definition) is 3. The van der Waals surface area contributed by atoms with Gasteiger partial charge >= 0.3 is 5.97 Å². The van der Waals surface area contributed by atoms with Gasteiger partial charge < -0.3 is 15.5 Å². The van der Waals surface area contributed by atoms with Crippen molar-refractivity contribution in [2.24, 2.45) is 5.92 Å². The Morgan fingerprint density at radius 2 is 1.62 bits per heavy atom. The highest BCUT2D eigenvalue weighted by Crippen LogP contribution is 2.41. The predicted octanol–water partition coefficient (Wildman–Crippen LogP) is 3.98. The minimum Gasteiger partial charge on any atom is -0.493 e. The van der Waals surface area contributed by atoms with E-state index in [4.69, 9.17) is 5.11 Å². The van der Waals surface area contributed by atoms with Crippen molar-refractivity contribution in [3.05, 3.63) is 57.6 Å². The van der Waals surface area contributed by atoms with Crippen LogP contribution in [0.25, 0.3) is 0 Å². The molecule has 8 heteroatoms. The summed E-state index contributed by atoms with van der Waals surface area (Å²) in [7, 11) is 0. The molecule has 4 rings (SSSR count). The Hall–Kier alpha value is -3.16. The molecule has 3 N–H and O–H groups in total. The minimum atomic E-state index is -1.23. The number of nitrogens with zero attached hydrogens (tertiary/aromatic N) is 2. The van der Waals surface area contributed by atoms with Crippen molar-refractivity contribution in [3.63, 3.8) is 0 Å². The summed E-state index contributed by atoms with van der Waals surface area (Å²) in [4.78, 5) is 41.9. The second-order valence-electron chi connectivity index (χ2n) is 9.50. The fraction of sp³-hybridized carbons (Fsp3) is 0.538. The van der Waals surface area contributed by atoms with Crippen LogP contribution >= 0.6 is 0 Å². The van der Waals surface area contributed by atoms with Crippen molar-refractivity contribution in [1.82, 2.24) is 14.9 Å². The maximum absolute atomic E-state index is 13.8. The van der Waals surface area contributed by atoms with Gasteiger partial charge in [-0.05, 0) is 37.2 Å². The number of aliphatic carboxylic acids is 1.